The highest BCUT2D eigenvalue weighted by Crippen LogP contribution is 2.08. The van der Waals surface area contributed by atoms with Gasteiger partial charge < -0.3 is 0 Å². The van der Waals surface area contributed by atoms with Gasteiger partial charge in [0.15, 0.2) is 0 Å². The maximum atomic E-state index is 5.47. The zero-order valence-electron chi connectivity index (χ0n) is 14.0. The summed E-state index contributed by atoms with van der Waals surface area (Å²) >= 11 is 5.47. The van der Waals surface area contributed by atoms with E-state index in [-0.39, 0.29) is 0 Å². The third-order valence-corrected chi connectivity index (χ3v) is 3.86. The van der Waals surface area contributed by atoms with Gasteiger partial charge in [-0.2, -0.15) is 0 Å². The van der Waals surface area contributed by atoms with Gasteiger partial charge in [-0.05, 0) is 55.5 Å². The second-order valence-electron chi connectivity index (χ2n) is 5.68. The number of hydrogen-bond donors (Lipinski definition) is 3. The van der Waals surface area contributed by atoms with Gasteiger partial charge in [-0.1, -0.05) is 54.1 Å². The maximum absolute atomic E-state index is 5.47. The highest BCUT2D eigenvalue weighted by Gasteiger charge is 2.11. The van der Waals surface area contributed by atoms with Crippen molar-refractivity contribution < 1.29 is 4.99 Å². The van der Waals surface area contributed by atoms with Crippen molar-refractivity contribution >= 4 is 34.5 Å². The molecule has 4 heteroatoms. The zero-order valence-corrected chi connectivity index (χ0v) is 14.8. The third kappa shape index (κ3) is 4.99. The molecule has 124 valence electrons. The number of rotatable bonds is 3. The molecule has 25 heavy (non-hydrogen) atoms. The van der Waals surface area contributed by atoms with Crippen LogP contribution in [-0.4, -0.2) is 10.9 Å². The van der Waals surface area contributed by atoms with Crippen molar-refractivity contribution in [2.45, 2.75) is 6.92 Å². The van der Waals surface area contributed by atoms with Gasteiger partial charge in [0.25, 0.3) is 5.11 Å². The Morgan fingerprint density at radius 2 is 1.24 bits per heavy atom. The van der Waals surface area contributed by atoms with E-state index in [9.17, 15) is 0 Å². The van der Waals surface area contributed by atoms with Crippen LogP contribution < -0.4 is 15.6 Å². The molecule has 0 bridgehead atoms. The molecule has 0 saturated heterocycles. The number of para-hydroxylation sites is 2. The molecule has 0 spiro atoms. The quantitative estimate of drug-likeness (QED) is 0.387. The molecule has 0 unspecified atom stereocenters. The highest BCUT2D eigenvalue weighted by molar-refractivity contribution is 7.80. The van der Waals surface area contributed by atoms with Crippen molar-refractivity contribution in [3.8, 4) is 0 Å². The highest BCUT2D eigenvalue weighted by atomic mass is 32.1. The normalized spacial score (nSPS) is 11.0. The first-order valence-electron chi connectivity index (χ1n) is 8.10. The van der Waals surface area contributed by atoms with Crippen LogP contribution >= 0.6 is 12.2 Å². The fraction of sp³-hybridized carbons (Fsp3) is 0.0476. The number of hydrogen-bond acceptors (Lipinski definition) is 1. The topological polar surface area (TPSA) is 38.0 Å². The second kappa shape index (κ2) is 8.22. The minimum absolute atomic E-state index is 0.533. The van der Waals surface area contributed by atoms with Gasteiger partial charge in [-0.15, -0.1) is 0 Å². The standard InChI is InChI=1S/C21H19N3S/c1-16-12-14-17(15-13-16)20(22-18-8-4-2-5-9-18)24-21(25)23-19-10-6-3-7-11-19/h2-15H,1H3,(H2,22,23,24,25)/p+1. The molecular weight excluding hydrogens is 326 g/mol. The van der Waals surface area contributed by atoms with Crippen LogP contribution in [0.15, 0.2) is 84.9 Å². The molecule has 3 aromatic carbocycles. The van der Waals surface area contributed by atoms with Crippen molar-refractivity contribution in [1.82, 2.24) is 0 Å². The predicted molar refractivity (Wildman–Crippen MR) is 109 cm³/mol. The number of amidine groups is 1. The summed E-state index contributed by atoms with van der Waals surface area (Å²) in [6.45, 7) is 2.07. The van der Waals surface area contributed by atoms with Gasteiger partial charge >= 0.3 is 0 Å². The molecule has 3 N–H and O–H groups in total. The van der Waals surface area contributed by atoms with E-state index in [1.807, 2.05) is 60.7 Å². The van der Waals surface area contributed by atoms with E-state index in [0.717, 1.165) is 22.8 Å². The molecule has 0 aliphatic heterocycles. The van der Waals surface area contributed by atoms with E-state index in [1.54, 1.807) is 0 Å². The van der Waals surface area contributed by atoms with E-state index in [1.165, 1.54) is 5.56 Å². The van der Waals surface area contributed by atoms with E-state index >= 15 is 0 Å². The average Bonchev–Trinajstić information content (AvgIpc) is 2.63. The van der Waals surface area contributed by atoms with Crippen LogP contribution in [-0.2, 0) is 0 Å². The summed E-state index contributed by atoms with van der Waals surface area (Å²) < 4.78 is 0. The lowest BCUT2D eigenvalue weighted by Gasteiger charge is -2.07. The fourth-order valence-electron chi connectivity index (χ4n) is 2.36. The summed E-state index contributed by atoms with van der Waals surface area (Å²) in [4.78, 5) is 3.28. The van der Waals surface area contributed by atoms with Gasteiger partial charge in [0.05, 0.1) is 11.4 Å². The van der Waals surface area contributed by atoms with Crippen molar-refractivity contribution in [3.63, 3.8) is 0 Å². The first-order valence-corrected chi connectivity index (χ1v) is 8.51. The van der Waals surface area contributed by atoms with Crippen LogP contribution in [0, 0.1) is 6.92 Å². The van der Waals surface area contributed by atoms with Gasteiger partial charge in [-0.25, -0.2) is 4.99 Å². The Hall–Kier alpha value is -2.98. The molecule has 0 aliphatic carbocycles. The van der Waals surface area contributed by atoms with E-state index in [2.05, 4.69) is 46.8 Å². The van der Waals surface area contributed by atoms with Gasteiger partial charge in [0, 0.05) is 5.56 Å². The molecule has 0 amide bonds. The maximum Gasteiger partial charge on any atom is 0.292 e. The number of benzene rings is 3. The van der Waals surface area contributed by atoms with Crippen LogP contribution in [0.5, 0.6) is 0 Å². The molecule has 0 saturated carbocycles. The van der Waals surface area contributed by atoms with Gasteiger partial charge in [0.1, 0.15) is 0 Å². The molecule has 3 aromatic rings. The summed E-state index contributed by atoms with van der Waals surface area (Å²) in [5.74, 6) is 0.833. The largest absolute Gasteiger partial charge is 0.292 e. The SMILES string of the molecule is Cc1ccc(C(Nc2ccccc2)=[NH+]C(=S)Nc2ccccc2)cc1. The molecule has 0 heterocycles. The third-order valence-electron chi connectivity index (χ3n) is 3.65. The molecule has 0 aromatic heterocycles. The Labute approximate surface area is 153 Å². The summed E-state index contributed by atoms with van der Waals surface area (Å²) in [6, 6.07) is 28.2. The minimum atomic E-state index is 0.533. The first-order chi connectivity index (χ1) is 12.2. The van der Waals surface area contributed by atoms with Gasteiger partial charge in [0.2, 0.25) is 5.84 Å². The Balaban J connectivity index is 1.87. The molecule has 0 fully saturated rings. The van der Waals surface area contributed by atoms with Crippen molar-refractivity contribution in [2.75, 3.05) is 10.6 Å². The lowest BCUT2D eigenvalue weighted by Crippen LogP contribution is -2.80. The monoisotopic (exact) mass is 346 g/mol. The van der Waals surface area contributed by atoms with Crippen molar-refractivity contribution in [1.29, 1.82) is 0 Å². The average molecular weight is 346 g/mol. The zero-order chi connectivity index (χ0) is 17.5. The van der Waals surface area contributed by atoms with Crippen LogP contribution in [0.1, 0.15) is 11.1 Å². The number of thiocarbonyl (C=S) groups is 1. The van der Waals surface area contributed by atoms with Crippen LogP contribution in [0.25, 0.3) is 0 Å². The fourth-order valence-corrected chi connectivity index (χ4v) is 2.58. The molecule has 0 aliphatic rings. The number of nitrogens with one attached hydrogen (secondary N) is 3. The lowest BCUT2D eigenvalue weighted by atomic mass is 10.1. The number of aryl methyl sites for hydroxylation is 1. The van der Waals surface area contributed by atoms with Gasteiger partial charge in [-0.3, -0.25) is 10.6 Å². The minimum Gasteiger partial charge on any atom is -0.273 e. The van der Waals surface area contributed by atoms with Crippen LogP contribution in [0.3, 0.4) is 0 Å². The molecular formula is C21H20N3S+. The van der Waals surface area contributed by atoms with E-state index in [0.29, 0.717) is 5.11 Å². The van der Waals surface area contributed by atoms with Crippen molar-refractivity contribution in [2.24, 2.45) is 0 Å². The Morgan fingerprint density at radius 3 is 1.80 bits per heavy atom. The second-order valence-corrected chi connectivity index (χ2v) is 6.09. The van der Waals surface area contributed by atoms with Crippen LogP contribution in [0.2, 0.25) is 0 Å². The summed E-state index contributed by atoms with van der Waals surface area (Å²) in [6.07, 6.45) is 0. The Kier molecular flexibility index (Phi) is 5.54. The van der Waals surface area contributed by atoms with E-state index in [4.69, 9.17) is 12.2 Å². The Bertz CT molecular complexity index is 857. The van der Waals surface area contributed by atoms with Crippen LogP contribution in [0.4, 0.5) is 11.4 Å². The molecule has 0 atom stereocenters. The summed E-state index contributed by atoms with van der Waals surface area (Å²) in [5.41, 5.74) is 4.19. The van der Waals surface area contributed by atoms with Crippen molar-refractivity contribution in [3.05, 3.63) is 96.1 Å². The molecule has 3 rings (SSSR count). The lowest BCUT2D eigenvalue weighted by molar-refractivity contribution is -0.309. The molecule has 0 radical (unpaired) electrons. The Morgan fingerprint density at radius 1 is 0.720 bits per heavy atom. The molecule has 3 nitrogen and oxygen atoms in total. The smallest absolute Gasteiger partial charge is 0.273 e. The summed E-state index contributed by atoms with van der Waals surface area (Å²) in [5, 5.41) is 7.14. The summed E-state index contributed by atoms with van der Waals surface area (Å²) in [7, 11) is 0. The predicted octanol–water partition coefficient (Wildman–Crippen LogP) is 3.33. The number of anilines is 2. The first kappa shape index (κ1) is 16.9. The van der Waals surface area contributed by atoms with E-state index < -0.39 is 0 Å².